The molecule has 2 atom stereocenters. The number of aliphatic hydroxyl groups is 1. The molecule has 0 amide bonds. The first-order valence-electron chi connectivity index (χ1n) is 4.42. The highest BCUT2D eigenvalue weighted by Gasteiger charge is 2.31. The van der Waals surface area contributed by atoms with Gasteiger partial charge in [0.15, 0.2) is 6.10 Å². The van der Waals surface area contributed by atoms with E-state index < -0.39 is 18.1 Å². The third kappa shape index (κ3) is 1.38. The molecule has 2 unspecified atom stereocenters. The van der Waals surface area contributed by atoms with E-state index in [0.29, 0.717) is 6.54 Å². The number of fused-ring (bicyclic) bond motifs is 1. The molecule has 0 aromatic heterocycles. The maximum atomic E-state index is 10.6. The second kappa shape index (κ2) is 3.40. The van der Waals surface area contributed by atoms with Crippen LogP contribution < -0.4 is 5.32 Å². The monoisotopic (exact) mass is 193 g/mol. The summed E-state index contributed by atoms with van der Waals surface area (Å²) >= 11 is 0. The second-order valence-corrected chi connectivity index (χ2v) is 3.34. The molecular weight excluding hydrogens is 182 g/mol. The van der Waals surface area contributed by atoms with Crippen molar-refractivity contribution in [1.29, 1.82) is 0 Å². The summed E-state index contributed by atoms with van der Waals surface area (Å²) < 4.78 is 0. The fraction of sp³-hybridized carbons (Fsp3) is 0.300. The van der Waals surface area contributed by atoms with Gasteiger partial charge in [0.05, 0.1) is 6.04 Å². The number of carboxylic acids is 1. The van der Waals surface area contributed by atoms with Crippen LogP contribution in [0, 0.1) is 0 Å². The summed E-state index contributed by atoms with van der Waals surface area (Å²) in [7, 11) is 0. The Balaban J connectivity index is 2.30. The van der Waals surface area contributed by atoms with Gasteiger partial charge < -0.3 is 15.5 Å². The average Bonchev–Trinajstić information content (AvgIpc) is 2.60. The van der Waals surface area contributed by atoms with Crippen molar-refractivity contribution in [1.82, 2.24) is 5.32 Å². The molecule has 3 N–H and O–H groups in total. The molecule has 0 saturated carbocycles. The number of rotatable bonds is 2. The number of carbonyl (C=O) groups is 1. The Morgan fingerprint density at radius 3 is 2.93 bits per heavy atom. The number of aliphatic hydroxyl groups excluding tert-OH is 1. The van der Waals surface area contributed by atoms with Crippen molar-refractivity contribution in [2.75, 3.05) is 0 Å². The van der Waals surface area contributed by atoms with Gasteiger partial charge in [-0.3, -0.25) is 0 Å². The molecule has 1 aliphatic rings. The van der Waals surface area contributed by atoms with Crippen LogP contribution in [0.2, 0.25) is 0 Å². The van der Waals surface area contributed by atoms with Gasteiger partial charge in [0.2, 0.25) is 0 Å². The molecule has 4 nitrogen and oxygen atoms in total. The summed E-state index contributed by atoms with van der Waals surface area (Å²) in [4.78, 5) is 10.6. The topological polar surface area (TPSA) is 69.6 Å². The average molecular weight is 193 g/mol. The van der Waals surface area contributed by atoms with Crippen molar-refractivity contribution < 1.29 is 15.0 Å². The third-order valence-corrected chi connectivity index (χ3v) is 2.47. The lowest BCUT2D eigenvalue weighted by molar-refractivity contribution is -0.148. The molecule has 1 aliphatic heterocycles. The maximum Gasteiger partial charge on any atom is 0.334 e. The van der Waals surface area contributed by atoms with Crippen LogP contribution in [0.4, 0.5) is 0 Å². The molecule has 74 valence electrons. The van der Waals surface area contributed by atoms with Crippen molar-refractivity contribution in [3.05, 3.63) is 35.4 Å². The second-order valence-electron chi connectivity index (χ2n) is 3.34. The normalized spacial score (nSPS) is 21.6. The first-order chi connectivity index (χ1) is 6.70. The van der Waals surface area contributed by atoms with Gasteiger partial charge in [0.1, 0.15) is 0 Å². The van der Waals surface area contributed by atoms with Gasteiger partial charge in [-0.15, -0.1) is 0 Å². The third-order valence-electron chi connectivity index (χ3n) is 2.47. The maximum absolute atomic E-state index is 10.6. The zero-order valence-corrected chi connectivity index (χ0v) is 7.47. The lowest BCUT2D eigenvalue weighted by atomic mass is 10.0. The molecule has 14 heavy (non-hydrogen) atoms. The molecule has 2 rings (SSSR count). The number of hydrogen-bond acceptors (Lipinski definition) is 3. The minimum atomic E-state index is -1.38. The summed E-state index contributed by atoms with van der Waals surface area (Å²) in [6.07, 6.45) is -1.38. The van der Waals surface area contributed by atoms with Crippen molar-refractivity contribution in [2.24, 2.45) is 0 Å². The lowest BCUT2D eigenvalue weighted by Gasteiger charge is -2.15. The predicted molar refractivity (Wildman–Crippen MR) is 49.7 cm³/mol. The summed E-state index contributed by atoms with van der Waals surface area (Å²) in [6, 6.07) is 7.02. The van der Waals surface area contributed by atoms with E-state index in [1.165, 1.54) is 0 Å². The summed E-state index contributed by atoms with van der Waals surface area (Å²) in [5, 5.41) is 21.1. The van der Waals surface area contributed by atoms with Gasteiger partial charge in [-0.2, -0.15) is 0 Å². The highest BCUT2D eigenvalue weighted by molar-refractivity contribution is 5.73. The van der Waals surface area contributed by atoms with Crippen LogP contribution in [0.25, 0.3) is 0 Å². The van der Waals surface area contributed by atoms with E-state index in [1.807, 2.05) is 24.3 Å². The molecule has 0 aliphatic carbocycles. The SMILES string of the molecule is O=C(O)C(O)C1NCc2ccccc21. The van der Waals surface area contributed by atoms with Crippen LogP contribution in [-0.4, -0.2) is 22.3 Å². The molecular formula is C10H11NO3. The Hall–Kier alpha value is -1.39. The number of carboxylic acid groups (broad SMARTS) is 1. The summed E-state index contributed by atoms with van der Waals surface area (Å²) in [5.41, 5.74) is 1.93. The number of nitrogens with one attached hydrogen (secondary N) is 1. The van der Waals surface area contributed by atoms with E-state index in [4.69, 9.17) is 5.11 Å². The Bertz CT molecular complexity index is 364. The van der Waals surface area contributed by atoms with E-state index in [1.54, 1.807) is 0 Å². The molecule has 0 spiro atoms. The molecule has 0 fully saturated rings. The van der Waals surface area contributed by atoms with Crippen molar-refractivity contribution >= 4 is 5.97 Å². The zero-order valence-electron chi connectivity index (χ0n) is 7.47. The standard InChI is InChI=1S/C10H11NO3/c12-9(10(13)14)8-7-4-2-1-3-6(7)5-11-8/h1-4,8-9,11-12H,5H2,(H,13,14). The fourth-order valence-electron chi connectivity index (χ4n) is 1.75. The van der Waals surface area contributed by atoms with Crippen molar-refractivity contribution in [3.8, 4) is 0 Å². The zero-order chi connectivity index (χ0) is 10.1. The summed E-state index contributed by atoms with van der Waals surface area (Å²) in [5.74, 6) is -1.20. The highest BCUT2D eigenvalue weighted by atomic mass is 16.4. The van der Waals surface area contributed by atoms with Crippen molar-refractivity contribution in [2.45, 2.75) is 18.7 Å². The number of aliphatic carboxylic acids is 1. The molecule has 0 radical (unpaired) electrons. The van der Waals surface area contributed by atoms with E-state index in [-0.39, 0.29) is 0 Å². The lowest BCUT2D eigenvalue weighted by Crippen LogP contribution is -2.33. The van der Waals surface area contributed by atoms with Gasteiger partial charge in [0, 0.05) is 6.54 Å². The van der Waals surface area contributed by atoms with Gasteiger partial charge >= 0.3 is 5.97 Å². The number of benzene rings is 1. The Labute approximate surface area is 81.2 Å². The molecule has 0 saturated heterocycles. The van der Waals surface area contributed by atoms with E-state index in [0.717, 1.165) is 11.1 Å². The van der Waals surface area contributed by atoms with Gasteiger partial charge in [-0.05, 0) is 11.1 Å². The summed E-state index contributed by atoms with van der Waals surface area (Å²) in [6.45, 7) is 0.616. The van der Waals surface area contributed by atoms with Crippen LogP contribution >= 0.6 is 0 Å². The molecule has 0 bridgehead atoms. The predicted octanol–water partition coefficient (Wildman–Crippen LogP) is 0.276. The Morgan fingerprint density at radius 1 is 1.50 bits per heavy atom. The van der Waals surface area contributed by atoms with Crippen LogP contribution in [0.1, 0.15) is 17.2 Å². The number of hydrogen-bond donors (Lipinski definition) is 3. The van der Waals surface area contributed by atoms with Crippen molar-refractivity contribution in [3.63, 3.8) is 0 Å². The van der Waals surface area contributed by atoms with E-state index in [9.17, 15) is 9.90 Å². The first kappa shape index (κ1) is 9.18. The quantitative estimate of drug-likeness (QED) is 0.630. The first-order valence-corrected chi connectivity index (χ1v) is 4.42. The Morgan fingerprint density at radius 2 is 2.21 bits per heavy atom. The molecule has 1 heterocycles. The largest absolute Gasteiger partial charge is 0.479 e. The minimum absolute atomic E-state index is 0.483. The van der Waals surface area contributed by atoms with Gasteiger partial charge in [0.25, 0.3) is 0 Å². The van der Waals surface area contributed by atoms with Crippen LogP contribution in [-0.2, 0) is 11.3 Å². The minimum Gasteiger partial charge on any atom is -0.479 e. The molecule has 4 heteroatoms. The van der Waals surface area contributed by atoms with Crippen LogP contribution in [0.15, 0.2) is 24.3 Å². The molecule has 1 aromatic carbocycles. The van der Waals surface area contributed by atoms with Gasteiger partial charge in [-0.25, -0.2) is 4.79 Å². The molecule has 1 aromatic rings. The van der Waals surface area contributed by atoms with E-state index in [2.05, 4.69) is 5.32 Å². The highest BCUT2D eigenvalue weighted by Crippen LogP contribution is 2.27. The van der Waals surface area contributed by atoms with Crippen LogP contribution in [0.3, 0.4) is 0 Å². The van der Waals surface area contributed by atoms with Crippen LogP contribution in [0.5, 0.6) is 0 Å². The smallest absolute Gasteiger partial charge is 0.334 e. The fourth-order valence-corrected chi connectivity index (χ4v) is 1.75. The van der Waals surface area contributed by atoms with E-state index >= 15 is 0 Å². The van der Waals surface area contributed by atoms with Gasteiger partial charge in [-0.1, -0.05) is 24.3 Å². The Kier molecular flexibility index (Phi) is 2.23.